The Hall–Kier alpha value is -2.59. The fourth-order valence-corrected chi connectivity index (χ4v) is 3.76. The van der Waals surface area contributed by atoms with Gasteiger partial charge in [-0.25, -0.2) is 13.8 Å². The van der Waals surface area contributed by atoms with Crippen LogP contribution in [0, 0.1) is 17.2 Å². The molecule has 120 valence electrons. The largest absolute Gasteiger partial charge is 0.308 e. The number of rotatable bonds is 3. The molecule has 1 aliphatic carbocycles. The molecular formula is C17H11F2N3OS. The van der Waals surface area contributed by atoms with Crippen molar-refractivity contribution in [2.45, 2.75) is 18.9 Å². The van der Waals surface area contributed by atoms with Crippen molar-refractivity contribution in [3.05, 3.63) is 51.9 Å². The predicted octanol–water partition coefficient (Wildman–Crippen LogP) is 3.65. The first kappa shape index (κ1) is 15.0. The number of pyridine rings is 1. The van der Waals surface area contributed by atoms with Crippen LogP contribution in [0.1, 0.15) is 12.1 Å². The number of thiazole rings is 1. The van der Waals surface area contributed by atoms with Gasteiger partial charge in [-0.1, -0.05) is 17.4 Å². The third-order valence-electron chi connectivity index (χ3n) is 4.25. The summed E-state index contributed by atoms with van der Waals surface area (Å²) in [7, 11) is 0. The number of benzene rings is 1. The molecule has 1 unspecified atom stereocenters. The molecular weight excluding hydrogens is 332 g/mol. The number of nitrogens with zero attached hydrogens (tertiary/aromatic N) is 3. The lowest BCUT2D eigenvalue weighted by Gasteiger charge is -2.05. The maximum atomic E-state index is 13.1. The van der Waals surface area contributed by atoms with Crippen LogP contribution in [0.25, 0.3) is 21.3 Å². The van der Waals surface area contributed by atoms with E-state index in [2.05, 4.69) is 4.98 Å². The van der Waals surface area contributed by atoms with Crippen LogP contribution in [0.2, 0.25) is 0 Å². The highest BCUT2D eigenvalue weighted by Gasteiger charge is 2.56. The number of aromatic nitrogens is 2. The molecule has 1 atom stereocenters. The smallest absolute Gasteiger partial charge is 0.298 e. The normalized spacial score (nSPS) is 18.5. The summed E-state index contributed by atoms with van der Waals surface area (Å²) in [5.41, 5.74) is 2.42. The molecule has 0 N–H and O–H groups in total. The Balaban J connectivity index is 1.78. The van der Waals surface area contributed by atoms with Gasteiger partial charge < -0.3 is 0 Å². The highest BCUT2D eigenvalue weighted by Crippen LogP contribution is 2.49. The van der Waals surface area contributed by atoms with E-state index in [0.29, 0.717) is 21.5 Å². The summed E-state index contributed by atoms with van der Waals surface area (Å²) in [6.07, 6.45) is 1.39. The van der Waals surface area contributed by atoms with Crippen molar-refractivity contribution in [3.8, 4) is 17.2 Å². The Morgan fingerprint density at radius 1 is 1.42 bits per heavy atom. The van der Waals surface area contributed by atoms with Crippen molar-refractivity contribution in [3.63, 3.8) is 0 Å². The molecule has 2 aromatic heterocycles. The van der Waals surface area contributed by atoms with Crippen molar-refractivity contribution in [2.75, 3.05) is 0 Å². The van der Waals surface area contributed by atoms with Gasteiger partial charge in [0.05, 0.1) is 10.2 Å². The van der Waals surface area contributed by atoms with Gasteiger partial charge in [-0.2, -0.15) is 5.26 Å². The van der Waals surface area contributed by atoms with Gasteiger partial charge in [0.15, 0.2) is 0 Å². The molecule has 1 fully saturated rings. The lowest BCUT2D eigenvalue weighted by atomic mass is 10.0. The van der Waals surface area contributed by atoms with Crippen LogP contribution in [0.15, 0.2) is 41.3 Å². The van der Waals surface area contributed by atoms with E-state index < -0.39 is 11.8 Å². The molecule has 0 aliphatic heterocycles. The number of nitriles is 1. The molecule has 3 aromatic rings. The van der Waals surface area contributed by atoms with Gasteiger partial charge in [-0.3, -0.25) is 9.36 Å². The summed E-state index contributed by atoms with van der Waals surface area (Å²) in [6, 6.07) is 10.9. The molecule has 1 aliphatic rings. The Morgan fingerprint density at radius 3 is 2.92 bits per heavy atom. The number of fused-ring (bicyclic) bond motifs is 1. The van der Waals surface area contributed by atoms with Crippen LogP contribution in [-0.4, -0.2) is 15.5 Å². The molecule has 0 bridgehead atoms. The van der Waals surface area contributed by atoms with Gasteiger partial charge >= 0.3 is 4.87 Å². The Kier molecular flexibility index (Phi) is 3.25. The fraction of sp³-hybridized carbons (Fsp3) is 0.235. The third kappa shape index (κ3) is 2.39. The zero-order valence-corrected chi connectivity index (χ0v) is 13.2. The van der Waals surface area contributed by atoms with Crippen LogP contribution >= 0.6 is 11.3 Å². The monoisotopic (exact) mass is 343 g/mol. The first-order valence-corrected chi connectivity index (χ1v) is 8.18. The Morgan fingerprint density at radius 2 is 2.21 bits per heavy atom. The van der Waals surface area contributed by atoms with E-state index in [0.717, 1.165) is 16.9 Å². The summed E-state index contributed by atoms with van der Waals surface area (Å²) in [4.78, 5) is 15.9. The standard InChI is InChI=1S/C17H11F2N3OS/c18-17(19)7-11(17)9-22-14-4-3-10(6-15(14)24-16(22)23)12-2-1-5-21-13(12)8-20/h1-6,11H,7,9H2. The third-order valence-corrected chi connectivity index (χ3v) is 5.19. The van der Waals surface area contributed by atoms with Crippen LogP contribution in [0.5, 0.6) is 0 Å². The van der Waals surface area contributed by atoms with Gasteiger partial charge in [0, 0.05) is 30.6 Å². The zero-order valence-electron chi connectivity index (χ0n) is 12.4. The molecule has 2 heterocycles. The van der Waals surface area contributed by atoms with E-state index >= 15 is 0 Å². The number of alkyl halides is 2. The summed E-state index contributed by atoms with van der Waals surface area (Å²) < 4.78 is 28.4. The lowest BCUT2D eigenvalue weighted by Crippen LogP contribution is -2.15. The van der Waals surface area contributed by atoms with E-state index in [4.69, 9.17) is 5.26 Å². The second kappa shape index (κ2) is 5.21. The SMILES string of the molecule is N#Cc1ncccc1-c1ccc2c(c1)sc(=O)n2CC1CC1(F)F. The quantitative estimate of drug-likeness (QED) is 0.729. The summed E-state index contributed by atoms with van der Waals surface area (Å²) in [5.74, 6) is -3.40. The van der Waals surface area contributed by atoms with Gasteiger partial charge in [0.2, 0.25) is 0 Å². The van der Waals surface area contributed by atoms with Gasteiger partial charge in [-0.15, -0.1) is 0 Å². The summed E-state index contributed by atoms with van der Waals surface area (Å²) >= 11 is 1.03. The van der Waals surface area contributed by atoms with Gasteiger partial charge in [0.25, 0.3) is 5.92 Å². The lowest BCUT2D eigenvalue weighted by molar-refractivity contribution is 0.0953. The number of hydrogen-bond acceptors (Lipinski definition) is 4. The summed E-state index contributed by atoms with van der Waals surface area (Å²) in [5, 5.41) is 9.16. The highest BCUT2D eigenvalue weighted by atomic mass is 32.1. The maximum absolute atomic E-state index is 13.1. The van der Waals surface area contributed by atoms with Gasteiger partial charge in [0.1, 0.15) is 11.8 Å². The van der Waals surface area contributed by atoms with E-state index in [1.807, 2.05) is 6.07 Å². The Labute approximate surface area is 139 Å². The van der Waals surface area contributed by atoms with Crippen LogP contribution < -0.4 is 4.87 Å². The highest BCUT2D eigenvalue weighted by molar-refractivity contribution is 7.16. The first-order chi connectivity index (χ1) is 11.5. The van der Waals surface area contributed by atoms with E-state index in [-0.39, 0.29) is 17.8 Å². The minimum absolute atomic E-state index is 0.0432. The van der Waals surface area contributed by atoms with Crippen LogP contribution in [-0.2, 0) is 6.54 Å². The first-order valence-electron chi connectivity index (χ1n) is 7.36. The Bertz CT molecular complexity index is 1050. The molecule has 1 aromatic carbocycles. The molecule has 24 heavy (non-hydrogen) atoms. The molecule has 0 radical (unpaired) electrons. The fourth-order valence-electron chi connectivity index (χ4n) is 2.82. The molecule has 4 rings (SSSR count). The van der Waals surface area contributed by atoms with Crippen LogP contribution in [0.4, 0.5) is 8.78 Å². The van der Waals surface area contributed by atoms with Crippen molar-refractivity contribution < 1.29 is 8.78 Å². The van der Waals surface area contributed by atoms with Crippen molar-refractivity contribution >= 4 is 21.6 Å². The van der Waals surface area contributed by atoms with Crippen molar-refractivity contribution in [1.82, 2.24) is 9.55 Å². The molecule has 0 amide bonds. The minimum Gasteiger partial charge on any atom is -0.298 e. The summed E-state index contributed by atoms with van der Waals surface area (Å²) in [6.45, 7) is 0.0432. The topological polar surface area (TPSA) is 58.7 Å². The van der Waals surface area contributed by atoms with E-state index in [1.54, 1.807) is 36.5 Å². The van der Waals surface area contributed by atoms with Crippen molar-refractivity contribution in [2.24, 2.45) is 5.92 Å². The predicted molar refractivity (Wildman–Crippen MR) is 87.1 cm³/mol. The molecule has 7 heteroatoms. The van der Waals surface area contributed by atoms with E-state index in [1.165, 1.54) is 4.57 Å². The molecule has 4 nitrogen and oxygen atoms in total. The number of hydrogen-bond donors (Lipinski definition) is 0. The zero-order chi connectivity index (χ0) is 16.9. The van der Waals surface area contributed by atoms with Crippen molar-refractivity contribution in [1.29, 1.82) is 5.26 Å². The molecule has 0 saturated heterocycles. The average Bonchev–Trinajstić information content (AvgIpc) is 3.06. The molecule has 0 spiro atoms. The maximum Gasteiger partial charge on any atom is 0.308 e. The minimum atomic E-state index is -2.65. The van der Waals surface area contributed by atoms with Crippen LogP contribution in [0.3, 0.4) is 0 Å². The van der Waals surface area contributed by atoms with Gasteiger partial charge in [-0.05, 0) is 29.8 Å². The second-order valence-corrected chi connectivity index (χ2v) is 6.83. The average molecular weight is 343 g/mol. The number of halogens is 2. The van der Waals surface area contributed by atoms with E-state index in [9.17, 15) is 13.6 Å². The second-order valence-electron chi connectivity index (χ2n) is 5.83. The molecule has 1 saturated carbocycles.